The van der Waals surface area contributed by atoms with Crippen molar-refractivity contribution in [3.8, 4) is 0 Å². The van der Waals surface area contributed by atoms with E-state index in [-0.39, 0.29) is 12.0 Å². The van der Waals surface area contributed by atoms with Crippen LogP contribution in [0.15, 0.2) is 30.3 Å². The highest BCUT2D eigenvalue weighted by Crippen LogP contribution is 2.25. The summed E-state index contributed by atoms with van der Waals surface area (Å²) in [6, 6.07) is 9.99. The fraction of sp³-hybridized carbons (Fsp3) is 0.600. The molecular formula is C15H23NO3. The van der Waals surface area contributed by atoms with Crippen molar-refractivity contribution in [3.63, 3.8) is 0 Å². The molecular weight excluding hydrogens is 242 g/mol. The predicted molar refractivity (Wildman–Crippen MR) is 73.7 cm³/mol. The molecule has 0 radical (unpaired) electrons. The van der Waals surface area contributed by atoms with Gasteiger partial charge in [0.05, 0.1) is 12.2 Å². The first-order chi connectivity index (χ1) is 9.09. The van der Waals surface area contributed by atoms with Crippen molar-refractivity contribution in [3.05, 3.63) is 35.9 Å². The Morgan fingerprint density at radius 2 is 1.74 bits per heavy atom. The highest BCUT2D eigenvalue weighted by atomic mass is 16.4. The lowest BCUT2D eigenvalue weighted by Gasteiger charge is -2.39. The van der Waals surface area contributed by atoms with Gasteiger partial charge in [-0.2, -0.15) is 0 Å². The number of rotatable bonds is 4. The van der Waals surface area contributed by atoms with Crippen LogP contribution in [0.4, 0.5) is 0 Å². The lowest BCUT2D eigenvalue weighted by Crippen LogP contribution is -2.57. The molecule has 0 amide bonds. The van der Waals surface area contributed by atoms with Crippen molar-refractivity contribution >= 4 is 0 Å². The summed E-state index contributed by atoms with van der Waals surface area (Å²) in [6.07, 6.45) is -1.23. The van der Waals surface area contributed by atoms with Crippen molar-refractivity contribution in [2.75, 3.05) is 6.54 Å². The van der Waals surface area contributed by atoms with E-state index in [2.05, 4.69) is 17.4 Å². The van der Waals surface area contributed by atoms with Gasteiger partial charge in [0.1, 0.15) is 6.10 Å². The molecule has 4 heteroatoms. The van der Waals surface area contributed by atoms with E-state index >= 15 is 0 Å². The van der Waals surface area contributed by atoms with Gasteiger partial charge in [-0.05, 0) is 30.9 Å². The molecule has 0 aliphatic heterocycles. The Bertz CT molecular complexity index is 384. The molecule has 5 atom stereocenters. The van der Waals surface area contributed by atoms with Crippen molar-refractivity contribution in [2.45, 2.75) is 44.1 Å². The van der Waals surface area contributed by atoms with E-state index in [0.29, 0.717) is 6.42 Å². The van der Waals surface area contributed by atoms with Crippen LogP contribution in [-0.4, -0.2) is 46.2 Å². The molecule has 1 aromatic carbocycles. The molecule has 4 nitrogen and oxygen atoms in total. The summed E-state index contributed by atoms with van der Waals surface area (Å²) in [4.78, 5) is 0. The lowest BCUT2D eigenvalue weighted by atomic mass is 9.80. The highest BCUT2D eigenvalue weighted by molar-refractivity contribution is 5.14. The summed E-state index contributed by atoms with van der Waals surface area (Å²) in [5.74, 6) is -0.00683. The van der Waals surface area contributed by atoms with E-state index in [0.717, 1.165) is 13.0 Å². The SMILES string of the molecule is C[C@@H]1C[C@@H](NCCc2ccccc2)[C@@H](O)[C@H](O)[C@@H]1O. The van der Waals surface area contributed by atoms with Gasteiger partial charge in [-0.15, -0.1) is 0 Å². The molecule has 1 fully saturated rings. The molecule has 4 N–H and O–H groups in total. The molecule has 1 saturated carbocycles. The molecule has 0 unspecified atom stereocenters. The van der Waals surface area contributed by atoms with E-state index < -0.39 is 18.3 Å². The van der Waals surface area contributed by atoms with Crippen LogP contribution in [0.2, 0.25) is 0 Å². The molecule has 1 aliphatic carbocycles. The molecule has 2 rings (SSSR count). The van der Waals surface area contributed by atoms with Crippen LogP contribution in [0.5, 0.6) is 0 Å². The molecule has 0 aromatic heterocycles. The monoisotopic (exact) mass is 265 g/mol. The average Bonchev–Trinajstić information content (AvgIpc) is 2.43. The first-order valence-corrected chi connectivity index (χ1v) is 6.91. The van der Waals surface area contributed by atoms with Crippen LogP contribution in [0.1, 0.15) is 18.9 Å². The van der Waals surface area contributed by atoms with Gasteiger partial charge in [-0.1, -0.05) is 37.3 Å². The van der Waals surface area contributed by atoms with Gasteiger partial charge < -0.3 is 20.6 Å². The Morgan fingerprint density at radius 1 is 1.05 bits per heavy atom. The lowest BCUT2D eigenvalue weighted by molar-refractivity contribution is -0.119. The van der Waals surface area contributed by atoms with Gasteiger partial charge >= 0.3 is 0 Å². The van der Waals surface area contributed by atoms with E-state index in [9.17, 15) is 15.3 Å². The van der Waals surface area contributed by atoms with Crippen LogP contribution in [0.25, 0.3) is 0 Å². The molecule has 1 aliphatic rings. The summed E-state index contributed by atoms with van der Waals surface area (Å²) in [7, 11) is 0. The minimum Gasteiger partial charge on any atom is -0.390 e. The van der Waals surface area contributed by atoms with Crippen molar-refractivity contribution in [1.82, 2.24) is 5.32 Å². The maximum absolute atomic E-state index is 9.95. The smallest absolute Gasteiger partial charge is 0.107 e. The Morgan fingerprint density at radius 3 is 2.42 bits per heavy atom. The van der Waals surface area contributed by atoms with Crippen molar-refractivity contribution < 1.29 is 15.3 Å². The minimum atomic E-state index is -1.06. The average molecular weight is 265 g/mol. The van der Waals surface area contributed by atoms with Gasteiger partial charge in [-0.3, -0.25) is 0 Å². The van der Waals surface area contributed by atoms with Gasteiger partial charge in [0.15, 0.2) is 0 Å². The zero-order chi connectivity index (χ0) is 13.8. The summed E-state index contributed by atoms with van der Waals surface area (Å²) in [5, 5.41) is 32.7. The van der Waals surface area contributed by atoms with Crippen LogP contribution in [0.3, 0.4) is 0 Å². The van der Waals surface area contributed by atoms with Crippen LogP contribution in [0, 0.1) is 5.92 Å². The Kier molecular flexibility index (Phi) is 4.93. The normalized spacial score (nSPS) is 35.3. The maximum Gasteiger partial charge on any atom is 0.107 e. The van der Waals surface area contributed by atoms with E-state index in [1.165, 1.54) is 5.56 Å². The highest BCUT2D eigenvalue weighted by Gasteiger charge is 2.40. The van der Waals surface area contributed by atoms with Crippen LogP contribution in [-0.2, 0) is 6.42 Å². The van der Waals surface area contributed by atoms with Gasteiger partial charge in [0.25, 0.3) is 0 Å². The quantitative estimate of drug-likeness (QED) is 0.632. The van der Waals surface area contributed by atoms with Gasteiger partial charge in [0.2, 0.25) is 0 Å². The third-order valence-electron chi connectivity index (χ3n) is 3.98. The third-order valence-corrected chi connectivity index (χ3v) is 3.98. The van der Waals surface area contributed by atoms with Gasteiger partial charge in [-0.25, -0.2) is 0 Å². The van der Waals surface area contributed by atoms with Crippen molar-refractivity contribution in [1.29, 1.82) is 0 Å². The summed E-state index contributed by atoms with van der Waals surface area (Å²) >= 11 is 0. The number of benzene rings is 1. The molecule has 19 heavy (non-hydrogen) atoms. The first kappa shape index (κ1) is 14.5. The molecule has 0 spiro atoms. The first-order valence-electron chi connectivity index (χ1n) is 6.91. The number of aliphatic hydroxyl groups is 3. The van der Waals surface area contributed by atoms with E-state index in [4.69, 9.17) is 0 Å². The predicted octanol–water partition coefficient (Wildman–Crippen LogP) is 0.310. The van der Waals surface area contributed by atoms with E-state index in [1.54, 1.807) is 0 Å². The Labute approximate surface area is 114 Å². The van der Waals surface area contributed by atoms with E-state index in [1.807, 2.05) is 25.1 Å². The maximum atomic E-state index is 9.95. The Hall–Kier alpha value is -0.940. The zero-order valence-corrected chi connectivity index (χ0v) is 11.2. The molecule has 0 bridgehead atoms. The fourth-order valence-corrected chi connectivity index (χ4v) is 2.71. The fourth-order valence-electron chi connectivity index (χ4n) is 2.71. The zero-order valence-electron chi connectivity index (χ0n) is 11.2. The summed E-state index contributed by atoms with van der Waals surface area (Å²) in [5.41, 5.74) is 1.24. The second-order valence-corrected chi connectivity index (χ2v) is 5.48. The third kappa shape index (κ3) is 3.54. The van der Waals surface area contributed by atoms with Crippen LogP contribution < -0.4 is 5.32 Å². The summed E-state index contributed by atoms with van der Waals surface area (Å²) in [6.45, 7) is 2.65. The number of aliphatic hydroxyl groups excluding tert-OH is 3. The number of hydrogen-bond acceptors (Lipinski definition) is 4. The molecule has 0 heterocycles. The van der Waals surface area contributed by atoms with Gasteiger partial charge in [0, 0.05) is 6.04 Å². The van der Waals surface area contributed by atoms with Crippen LogP contribution >= 0.6 is 0 Å². The summed E-state index contributed by atoms with van der Waals surface area (Å²) < 4.78 is 0. The largest absolute Gasteiger partial charge is 0.390 e. The second-order valence-electron chi connectivity index (χ2n) is 5.48. The number of nitrogens with one attached hydrogen (secondary N) is 1. The number of hydrogen-bond donors (Lipinski definition) is 4. The molecule has 0 saturated heterocycles. The second kappa shape index (κ2) is 6.48. The standard InChI is InChI=1S/C15H23NO3/c1-10-9-12(14(18)15(19)13(10)17)16-8-7-11-5-3-2-4-6-11/h2-6,10,12-19H,7-9H2,1H3/t10-,12-,13-,14-,15-/m1/s1. The molecule has 1 aromatic rings. The Balaban J connectivity index is 1.82. The van der Waals surface area contributed by atoms with Crippen molar-refractivity contribution in [2.24, 2.45) is 5.92 Å². The topological polar surface area (TPSA) is 72.7 Å². The minimum absolute atomic E-state index is 0.00683. The molecule has 106 valence electrons.